The Kier molecular flexibility index (Phi) is 3.78. The van der Waals surface area contributed by atoms with Gasteiger partial charge < -0.3 is 15.8 Å². The first kappa shape index (κ1) is 12.8. The molecular weight excluding hydrogens is 206 g/mol. The highest BCUT2D eigenvalue weighted by Gasteiger charge is 2.39. The minimum atomic E-state index is -0.366. The monoisotopic (exact) mass is 227 g/mol. The number of hydrogen-bond acceptors (Lipinski definition) is 3. The third-order valence-electron chi connectivity index (χ3n) is 3.67. The molecule has 1 saturated carbocycles. The van der Waals surface area contributed by atoms with Crippen molar-refractivity contribution in [1.82, 2.24) is 4.90 Å². The lowest BCUT2D eigenvalue weighted by Gasteiger charge is -2.32. The topological polar surface area (TPSA) is 78.9 Å². The molecule has 0 aromatic rings. The number of nitrogens with zero attached hydrogens (tertiary/aromatic N) is 2. The van der Waals surface area contributed by atoms with Gasteiger partial charge >= 0.3 is 0 Å². The molecule has 1 aliphatic carbocycles. The molecule has 0 spiro atoms. The molecule has 1 rings (SSSR count). The van der Waals surface area contributed by atoms with E-state index in [0.717, 1.165) is 25.7 Å². The number of rotatable bonds is 3. The van der Waals surface area contributed by atoms with Crippen molar-refractivity contribution in [2.45, 2.75) is 45.6 Å². The summed E-state index contributed by atoms with van der Waals surface area (Å²) in [5.74, 6) is 0.154. The molecule has 1 aliphatic rings. The molecule has 1 atom stereocenters. The van der Waals surface area contributed by atoms with Crippen molar-refractivity contribution >= 4 is 11.7 Å². The van der Waals surface area contributed by atoms with E-state index in [1.54, 1.807) is 18.9 Å². The van der Waals surface area contributed by atoms with Gasteiger partial charge in [-0.05, 0) is 19.8 Å². The normalized spacial score (nSPS) is 21.8. The van der Waals surface area contributed by atoms with Crippen LogP contribution in [0.3, 0.4) is 0 Å². The summed E-state index contributed by atoms with van der Waals surface area (Å²) in [6.07, 6.45) is 4.07. The van der Waals surface area contributed by atoms with Gasteiger partial charge in [-0.25, -0.2) is 0 Å². The number of amidine groups is 1. The number of carbonyl (C=O) groups excluding carboxylic acids is 1. The fourth-order valence-electron chi connectivity index (χ4n) is 2.25. The molecule has 92 valence electrons. The zero-order valence-corrected chi connectivity index (χ0v) is 10.2. The molecule has 0 heterocycles. The van der Waals surface area contributed by atoms with Gasteiger partial charge in [0.15, 0.2) is 5.84 Å². The molecule has 16 heavy (non-hydrogen) atoms. The van der Waals surface area contributed by atoms with Gasteiger partial charge in [-0.1, -0.05) is 24.9 Å². The van der Waals surface area contributed by atoms with Crippen LogP contribution in [0.15, 0.2) is 5.16 Å². The molecule has 0 radical (unpaired) electrons. The van der Waals surface area contributed by atoms with Gasteiger partial charge in [-0.15, -0.1) is 0 Å². The molecule has 0 bridgehead atoms. The number of oxime groups is 1. The van der Waals surface area contributed by atoms with E-state index < -0.39 is 0 Å². The van der Waals surface area contributed by atoms with E-state index in [4.69, 9.17) is 10.9 Å². The van der Waals surface area contributed by atoms with Crippen LogP contribution in [0.1, 0.15) is 39.5 Å². The van der Waals surface area contributed by atoms with Crippen LogP contribution < -0.4 is 5.73 Å². The molecular formula is C11H21N3O2. The summed E-state index contributed by atoms with van der Waals surface area (Å²) < 4.78 is 0. The number of carbonyl (C=O) groups is 1. The lowest BCUT2D eigenvalue weighted by molar-refractivity contribution is -0.140. The molecule has 3 N–H and O–H groups in total. The lowest BCUT2D eigenvalue weighted by atomic mass is 9.87. The summed E-state index contributed by atoms with van der Waals surface area (Å²) in [5, 5.41) is 11.5. The molecule has 0 aromatic heterocycles. The summed E-state index contributed by atoms with van der Waals surface area (Å²) in [6.45, 7) is 3.75. The first-order chi connectivity index (χ1) is 7.42. The summed E-state index contributed by atoms with van der Waals surface area (Å²) in [5.41, 5.74) is 5.24. The third kappa shape index (κ3) is 2.28. The van der Waals surface area contributed by atoms with Gasteiger partial charge in [0.25, 0.3) is 0 Å². The van der Waals surface area contributed by atoms with Crippen molar-refractivity contribution < 1.29 is 10.0 Å². The fraction of sp³-hybridized carbons (Fsp3) is 0.818. The Balaban J connectivity index is 2.74. The second-order valence-corrected chi connectivity index (χ2v) is 4.88. The first-order valence-corrected chi connectivity index (χ1v) is 5.67. The Bertz CT molecular complexity index is 296. The predicted molar refractivity (Wildman–Crippen MR) is 62.2 cm³/mol. The van der Waals surface area contributed by atoms with Gasteiger partial charge in [-0.3, -0.25) is 4.79 Å². The van der Waals surface area contributed by atoms with Gasteiger partial charge in [-0.2, -0.15) is 0 Å². The van der Waals surface area contributed by atoms with Gasteiger partial charge in [0.2, 0.25) is 5.91 Å². The number of amides is 1. The second-order valence-electron chi connectivity index (χ2n) is 4.88. The van der Waals surface area contributed by atoms with Crippen LogP contribution in [0, 0.1) is 5.41 Å². The van der Waals surface area contributed by atoms with Gasteiger partial charge in [0, 0.05) is 12.5 Å². The van der Waals surface area contributed by atoms with E-state index in [1.807, 2.05) is 6.92 Å². The van der Waals surface area contributed by atoms with Crippen LogP contribution in [-0.2, 0) is 4.79 Å². The first-order valence-electron chi connectivity index (χ1n) is 5.67. The molecule has 0 aromatic carbocycles. The Morgan fingerprint density at radius 3 is 2.44 bits per heavy atom. The molecule has 5 heteroatoms. The minimum absolute atomic E-state index is 0.0671. The summed E-state index contributed by atoms with van der Waals surface area (Å²) >= 11 is 0. The summed E-state index contributed by atoms with van der Waals surface area (Å²) in [4.78, 5) is 13.8. The maximum absolute atomic E-state index is 12.3. The van der Waals surface area contributed by atoms with Crippen molar-refractivity contribution in [1.29, 1.82) is 0 Å². The Labute approximate surface area is 96.3 Å². The number of likely N-dealkylation sites (N-methyl/N-ethyl adjacent to an activating group) is 1. The second kappa shape index (κ2) is 4.72. The molecule has 0 aliphatic heterocycles. The van der Waals surface area contributed by atoms with E-state index in [-0.39, 0.29) is 23.2 Å². The average Bonchev–Trinajstić information content (AvgIpc) is 2.73. The fourth-order valence-corrected chi connectivity index (χ4v) is 2.25. The van der Waals surface area contributed by atoms with Crippen molar-refractivity contribution in [3.8, 4) is 0 Å². The SMILES string of the molecule is CC(C(N)=NO)N(C)C(=O)C1(C)CCCC1. The van der Waals surface area contributed by atoms with Crippen molar-refractivity contribution in [3.63, 3.8) is 0 Å². The third-order valence-corrected chi connectivity index (χ3v) is 3.67. The molecule has 1 unspecified atom stereocenters. The van der Waals surface area contributed by atoms with Crippen LogP contribution in [0.2, 0.25) is 0 Å². The van der Waals surface area contributed by atoms with Crippen LogP contribution >= 0.6 is 0 Å². The molecule has 1 fully saturated rings. The van der Waals surface area contributed by atoms with E-state index in [1.165, 1.54) is 0 Å². The lowest BCUT2D eigenvalue weighted by Crippen LogP contribution is -2.48. The minimum Gasteiger partial charge on any atom is -0.409 e. The van der Waals surface area contributed by atoms with Crippen LogP contribution in [-0.4, -0.2) is 34.9 Å². The summed E-state index contributed by atoms with van der Waals surface area (Å²) in [6, 6.07) is -0.366. The van der Waals surface area contributed by atoms with Crippen molar-refractivity contribution in [3.05, 3.63) is 0 Å². The number of nitrogens with two attached hydrogens (primary N) is 1. The zero-order valence-electron chi connectivity index (χ0n) is 10.2. The predicted octanol–water partition coefficient (Wildman–Crippen LogP) is 1.16. The zero-order chi connectivity index (χ0) is 12.3. The molecule has 0 saturated heterocycles. The van der Waals surface area contributed by atoms with Gasteiger partial charge in [0.05, 0.1) is 6.04 Å². The van der Waals surface area contributed by atoms with E-state index in [9.17, 15) is 4.79 Å². The maximum atomic E-state index is 12.3. The largest absolute Gasteiger partial charge is 0.409 e. The highest BCUT2D eigenvalue weighted by atomic mass is 16.4. The molecule has 1 amide bonds. The van der Waals surface area contributed by atoms with E-state index in [2.05, 4.69) is 5.16 Å². The van der Waals surface area contributed by atoms with Crippen LogP contribution in [0.25, 0.3) is 0 Å². The van der Waals surface area contributed by atoms with E-state index >= 15 is 0 Å². The maximum Gasteiger partial charge on any atom is 0.228 e. The highest BCUT2D eigenvalue weighted by molar-refractivity contribution is 5.91. The van der Waals surface area contributed by atoms with Crippen molar-refractivity contribution in [2.24, 2.45) is 16.3 Å². The summed E-state index contributed by atoms with van der Waals surface area (Å²) in [7, 11) is 1.70. The van der Waals surface area contributed by atoms with Gasteiger partial charge in [0.1, 0.15) is 0 Å². The van der Waals surface area contributed by atoms with E-state index in [0.29, 0.717) is 0 Å². The number of hydrogen-bond donors (Lipinski definition) is 2. The Morgan fingerprint density at radius 2 is 2.00 bits per heavy atom. The highest BCUT2D eigenvalue weighted by Crippen LogP contribution is 2.39. The Hall–Kier alpha value is -1.26. The van der Waals surface area contributed by atoms with Crippen LogP contribution in [0.4, 0.5) is 0 Å². The Morgan fingerprint density at radius 1 is 1.50 bits per heavy atom. The average molecular weight is 227 g/mol. The molecule has 5 nitrogen and oxygen atoms in total. The van der Waals surface area contributed by atoms with Crippen molar-refractivity contribution in [2.75, 3.05) is 7.05 Å². The smallest absolute Gasteiger partial charge is 0.228 e. The standard InChI is InChI=1S/C11H21N3O2/c1-8(9(12)13-16)14(3)10(15)11(2)6-4-5-7-11/h8,16H,4-7H2,1-3H3,(H2,12,13). The van der Waals surface area contributed by atoms with Crippen LogP contribution in [0.5, 0.6) is 0 Å². The quantitative estimate of drug-likeness (QED) is 0.328.